The van der Waals surface area contributed by atoms with Crippen molar-refractivity contribution < 1.29 is 27.2 Å². The van der Waals surface area contributed by atoms with Gasteiger partial charge < -0.3 is 15.5 Å². The maximum absolute atomic E-state index is 13.3. The van der Waals surface area contributed by atoms with Gasteiger partial charge in [0.1, 0.15) is 5.82 Å². The van der Waals surface area contributed by atoms with Gasteiger partial charge in [-0.25, -0.2) is 9.18 Å². The summed E-state index contributed by atoms with van der Waals surface area (Å²) < 4.78 is 51.5. The Balaban J connectivity index is 1.55. The lowest BCUT2D eigenvalue weighted by Gasteiger charge is -2.31. The number of carbonyl (C=O) groups is 2. The number of halogens is 4. The average Bonchev–Trinajstić information content (AvgIpc) is 3.39. The Labute approximate surface area is 147 Å². The van der Waals surface area contributed by atoms with Crippen molar-refractivity contribution in [3.05, 3.63) is 29.6 Å². The van der Waals surface area contributed by atoms with Crippen LogP contribution >= 0.6 is 0 Å². The molecule has 0 spiro atoms. The van der Waals surface area contributed by atoms with E-state index in [1.54, 1.807) is 4.90 Å². The largest absolute Gasteiger partial charge is 0.419 e. The highest BCUT2D eigenvalue weighted by Gasteiger charge is 2.35. The van der Waals surface area contributed by atoms with Gasteiger partial charge in [0.15, 0.2) is 0 Å². The number of hydrogen-bond donors (Lipinski definition) is 2. The van der Waals surface area contributed by atoms with E-state index in [-0.39, 0.29) is 17.8 Å². The lowest BCUT2D eigenvalue weighted by molar-refractivity contribution is -0.140. The molecule has 26 heavy (non-hydrogen) atoms. The summed E-state index contributed by atoms with van der Waals surface area (Å²) in [7, 11) is 0. The third kappa shape index (κ3) is 4.44. The van der Waals surface area contributed by atoms with Gasteiger partial charge >= 0.3 is 12.2 Å². The van der Waals surface area contributed by atoms with Crippen molar-refractivity contribution in [3.63, 3.8) is 0 Å². The van der Waals surface area contributed by atoms with Crippen molar-refractivity contribution in [2.75, 3.05) is 18.4 Å². The van der Waals surface area contributed by atoms with E-state index in [4.69, 9.17) is 0 Å². The van der Waals surface area contributed by atoms with Crippen LogP contribution in [0, 0.1) is 11.7 Å². The molecule has 0 atom stereocenters. The number of carbonyl (C=O) groups excluding carboxylic acids is 2. The van der Waals surface area contributed by atoms with Crippen LogP contribution in [0.15, 0.2) is 18.2 Å². The van der Waals surface area contributed by atoms with Crippen LogP contribution < -0.4 is 10.6 Å². The van der Waals surface area contributed by atoms with Crippen molar-refractivity contribution in [1.29, 1.82) is 0 Å². The highest BCUT2D eigenvalue weighted by molar-refractivity contribution is 5.92. The fourth-order valence-electron chi connectivity index (χ4n) is 2.90. The summed E-state index contributed by atoms with van der Waals surface area (Å²) in [6, 6.07) is 2.49. The minimum Gasteiger partial charge on any atom is -0.335 e. The van der Waals surface area contributed by atoms with Crippen LogP contribution in [0.25, 0.3) is 0 Å². The molecule has 3 amide bonds. The van der Waals surface area contributed by atoms with Crippen LogP contribution in [0.1, 0.15) is 31.2 Å². The molecule has 9 heteroatoms. The molecule has 2 fully saturated rings. The number of rotatable bonds is 3. The van der Waals surface area contributed by atoms with Crippen LogP contribution in [-0.2, 0) is 11.0 Å². The van der Waals surface area contributed by atoms with Gasteiger partial charge in [-0.2, -0.15) is 13.2 Å². The number of anilines is 1. The standard InChI is InChI=1S/C17H19F4N3O2/c18-14-4-3-12(9-13(14)17(19,20)21)22-15(25)10-5-7-24(8-6-10)16(26)23-11-1-2-11/h3-4,9-11H,1-2,5-8H2,(H,22,25)(H,23,26). The Morgan fingerprint density at radius 3 is 2.31 bits per heavy atom. The van der Waals surface area contributed by atoms with E-state index in [0.717, 1.165) is 18.9 Å². The highest BCUT2D eigenvalue weighted by atomic mass is 19.4. The van der Waals surface area contributed by atoms with Crippen LogP contribution in [-0.4, -0.2) is 36.0 Å². The van der Waals surface area contributed by atoms with Gasteiger partial charge in [0.05, 0.1) is 5.56 Å². The average molecular weight is 373 g/mol. The van der Waals surface area contributed by atoms with E-state index in [1.165, 1.54) is 0 Å². The monoisotopic (exact) mass is 373 g/mol. The highest BCUT2D eigenvalue weighted by Crippen LogP contribution is 2.33. The fourth-order valence-corrected chi connectivity index (χ4v) is 2.90. The van der Waals surface area contributed by atoms with Crippen LogP contribution in [0.3, 0.4) is 0 Å². The van der Waals surface area contributed by atoms with Crippen molar-refractivity contribution in [2.24, 2.45) is 5.92 Å². The van der Waals surface area contributed by atoms with E-state index in [2.05, 4.69) is 10.6 Å². The maximum atomic E-state index is 13.3. The number of benzene rings is 1. The Kier molecular flexibility index (Phi) is 5.06. The Morgan fingerprint density at radius 1 is 1.08 bits per heavy atom. The first kappa shape index (κ1) is 18.5. The zero-order valence-corrected chi connectivity index (χ0v) is 13.9. The Bertz CT molecular complexity index is 696. The SMILES string of the molecule is O=C(Nc1ccc(F)c(C(F)(F)F)c1)C1CCN(C(=O)NC2CC2)CC1. The summed E-state index contributed by atoms with van der Waals surface area (Å²) in [5, 5.41) is 5.29. The summed E-state index contributed by atoms with van der Waals surface area (Å²) in [6.07, 6.45) is -2.00. The number of hydrogen-bond acceptors (Lipinski definition) is 2. The number of amides is 3. The van der Waals surface area contributed by atoms with Gasteiger partial charge in [-0.1, -0.05) is 0 Å². The maximum Gasteiger partial charge on any atom is 0.419 e. The number of nitrogens with zero attached hydrogens (tertiary/aromatic N) is 1. The van der Waals surface area contributed by atoms with Crippen LogP contribution in [0.4, 0.5) is 28.0 Å². The lowest BCUT2D eigenvalue weighted by Crippen LogP contribution is -2.46. The topological polar surface area (TPSA) is 61.4 Å². The molecular weight excluding hydrogens is 354 g/mol. The number of urea groups is 1. The first-order valence-electron chi connectivity index (χ1n) is 8.47. The lowest BCUT2D eigenvalue weighted by atomic mass is 9.96. The van der Waals surface area contributed by atoms with E-state index in [1.807, 2.05) is 0 Å². The molecule has 2 N–H and O–H groups in total. The van der Waals surface area contributed by atoms with E-state index >= 15 is 0 Å². The summed E-state index contributed by atoms with van der Waals surface area (Å²) in [5.41, 5.74) is -1.51. The zero-order valence-electron chi connectivity index (χ0n) is 13.9. The van der Waals surface area contributed by atoms with Gasteiger partial charge in [0.2, 0.25) is 5.91 Å². The molecule has 1 aromatic rings. The second-order valence-corrected chi connectivity index (χ2v) is 6.67. The molecule has 1 heterocycles. The van der Waals surface area contributed by atoms with E-state index < -0.39 is 29.4 Å². The molecule has 0 aromatic heterocycles. The van der Waals surface area contributed by atoms with Crippen molar-refractivity contribution in [3.8, 4) is 0 Å². The predicted octanol–water partition coefficient (Wildman–Crippen LogP) is 3.37. The third-order valence-electron chi connectivity index (χ3n) is 4.60. The van der Waals surface area contributed by atoms with Crippen molar-refractivity contribution >= 4 is 17.6 Å². The number of nitrogens with one attached hydrogen (secondary N) is 2. The first-order valence-corrected chi connectivity index (χ1v) is 8.47. The molecule has 2 aliphatic rings. The van der Waals surface area contributed by atoms with Gasteiger partial charge in [-0.3, -0.25) is 4.79 Å². The zero-order chi connectivity index (χ0) is 18.9. The first-order chi connectivity index (χ1) is 12.2. The summed E-state index contributed by atoms with van der Waals surface area (Å²) >= 11 is 0. The molecule has 0 unspecified atom stereocenters. The Hall–Kier alpha value is -2.32. The minimum atomic E-state index is -4.83. The van der Waals surface area contributed by atoms with Crippen molar-refractivity contribution in [1.82, 2.24) is 10.2 Å². The molecule has 1 saturated carbocycles. The molecule has 1 saturated heterocycles. The fraction of sp³-hybridized carbons (Fsp3) is 0.529. The number of piperidine rings is 1. The summed E-state index contributed by atoms with van der Waals surface area (Å²) in [5.74, 6) is -2.21. The molecule has 1 aliphatic carbocycles. The summed E-state index contributed by atoms with van der Waals surface area (Å²) in [4.78, 5) is 25.9. The van der Waals surface area contributed by atoms with E-state index in [9.17, 15) is 27.2 Å². The molecule has 0 bridgehead atoms. The normalized spacial score (nSPS) is 18.5. The minimum absolute atomic E-state index is 0.0994. The summed E-state index contributed by atoms with van der Waals surface area (Å²) in [6.45, 7) is 0.821. The molecular formula is C17H19F4N3O2. The molecule has 3 rings (SSSR count). The van der Waals surface area contributed by atoms with Crippen molar-refractivity contribution in [2.45, 2.75) is 37.9 Å². The predicted molar refractivity (Wildman–Crippen MR) is 85.9 cm³/mol. The quantitative estimate of drug-likeness (QED) is 0.798. The molecule has 1 aliphatic heterocycles. The van der Waals surface area contributed by atoms with Crippen LogP contribution in [0.2, 0.25) is 0 Å². The van der Waals surface area contributed by atoms with Gasteiger partial charge in [0, 0.05) is 30.7 Å². The third-order valence-corrected chi connectivity index (χ3v) is 4.60. The van der Waals surface area contributed by atoms with Gasteiger partial charge in [-0.05, 0) is 43.9 Å². The molecule has 0 radical (unpaired) electrons. The van der Waals surface area contributed by atoms with E-state index in [0.29, 0.717) is 38.1 Å². The smallest absolute Gasteiger partial charge is 0.335 e. The number of alkyl halides is 3. The van der Waals surface area contributed by atoms with Crippen LogP contribution in [0.5, 0.6) is 0 Å². The molecule has 142 valence electrons. The molecule has 1 aromatic carbocycles. The Morgan fingerprint density at radius 2 is 1.73 bits per heavy atom. The molecule has 5 nitrogen and oxygen atoms in total. The second-order valence-electron chi connectivity index (χ2n) is 6.67. The second kappa shape index (κ2) is 7.13. The van der Waals surface area contributed by atoms with Gasteiger partial charge in [-0.15, -0.1) is 0 Å². The van der Waals surface area contributed by atoms with Gasteiger partial charge in [0.25, 0.3) is 0 Å². The number of likely N-dealkylation sites (tertiary alicyclic amines) is 1.